The average Bonchev–Trinajstić information content (AvgIpc) is 3.08. The maximum atomic E-state index is 6.02. The number of nitrogens with one attached hydrogen (secondary N) is 2. The minimum atomic E-state index is 0.742. The molecule has 0 unspecified atom stereocenters. The third-order valence-corrected chi connectivity index (χ3v) is 5.63. The highest BCUT2D eigenvalue weighted by molar-refractivity contribution is 7.17. The number of nitrogens with zero attached hydrogens (tertiary/aromatic N) is 2. The van der Waals surface area contributed by atoms with E-state index in [1.165, 1.54) is 0 Å². The molecule has 0 saturated carbocycles. The molecule has 4 rings (SSSR count). The molecule has 1 saturated heterocycles. The van der Waals surface area contributed by atoms with E-state index in [0.717, 1.165) is 71.6 Å². The van der Waals surface area contributed by atoms with Crippen LogP contribution in [0.2, 0.25) is 5.02 Å². The molecule has 0 spiro atoms. The first-order valence-corrected chi connectivity index (χ1v) is 9.70. The van der Waals surface area contributed by atoms with Gasteiger partial charge in [0.1, 0.15) is 30.1 Å². The number of halogens is 1. The van der Waals surface area contributed by atoms with E-state index in [1.54, 1.807) is 22.6 Å². The van der Waals surface area contributed by atoms with Gasteiger partial charge in [0.15, 0.2) is 0 Å². The number of aromatic nitrogens is 2. The maximum absolute atomic E-state index is 6.02. The van der Waals surface area contributed by atoms with Gasteiger partial charge in [-0.25, -0.2) is 9.97 Å². The lowest BCUT2D eigenvalue weighted by Gasteiger charge is -2.23. The standard InChI is InChI=1S/C18H19ClN4OS/c19-14-3-1-13(2-4-14)15-11-25-18-16(15)17(21-12-22-18)20-5-6-23-7-9-24-10-8-23/h1-4,11-12H,5-10H2,(H,20,21,22)/p+1. The summed E-state index contributed by atoms with van der Waals surface area (Å²) >= 11 is 7.66. The van der Waals surface area contributed by atoms with Gasteiger partial charge in [-0.05, 0) is 17.7 Å². The summed E-state index contributed by atoms with van der Waals surface area (Å²) in [6, 6.07) is 7.91. The molecule has 3 heterocycles. The van der Waals surface area contributed by atoms with Crippen LogP contribution in [-0.2, 0) is 4.74 Å². The fourth-order valence-corrected chi connectivity index (χ4v) is 4.16. The summed E-state index contributed by atoms with van der Waals surface area (Å²) in [4.78, 5) is 11.5. The number of hydrogen-bond donors (Lipinski definition) is 2. The zero-order valence-electron chi connectivity index (χ0n) is 13.8. The van der Waals surface area contributed by atoms with E-state index in [2.05, 4.69) is 20.7 Å². The molecule has 25 heavy (non-hydrogen) atoms. The van der Waals surface area contributed by atoms with Crippen LogP contribution in [0.4, 0.5) is 5.82 Å². The lowest BCUT2D eigenvalue weighted by molar-refractivity contribution is -0.906. The van der Waals surface area contributed by atoms with Gasteiger partial charge < -0.3 is 15.0 Å². The van der Waals surface area contributed by atoms with Crippen molar-refractivity contribution in [1.29, 1.82) is 0 Å². The molecule has 0 amide bonds. The number of thiophene rings is 1. The molecule has 1 aliphatic heterocycles. The van der Waals surface area contributed by atoms with Crippen LogP contribution in [0, 0.1) is 0 Å². The second kappa shape index (κ2) is 7.66. The summed E-state index contributed by atoms with van der Waals surface area (Å²) in [6.07, 6.45) is 1.63. The Kier molecular flexibility index (Phi) is 5.12. The highest BCUT2D eigenvalue weighted by Gasteiger charge is 2.15. The minimum Gasteiger partial charge on any atom is -0.370 e. The number of rotatable bonds is 5. The third kappa shape index (κ3) is 3.77. The summed E-state index contributed by atoms with van der Waals surface area (Å²) in [5.41, 5.74) is 2.28. The zero-order chi connectivity index (χ0) is 17.1. The molecule has 2 N–H and O–H groups in total. The van der Waals surface area contributed by atoms with Crippen LogP contribution in [0.5, 0.6) is 0 Å². The van der Waals surface area contributed by atoms with Gasteiger partial charge >= 0.3 is 0 Å². The van der Waals surface area contributed by atoms with Crippen molar-refractivity contribution in [2.45, 2.75) is 0 Å². The number of benzene rings is 1. The molecular weight excluding hydrogens is 356 g/mol. The summed E-state index contributed by atoms with van der Waals surface area (Å²) in [7, 11) is 0. The molecule has 2 aromatic heterocycles. The highest BCUT2D eigenvalue weighted by atomic mass is 35.5. The van der Waals surface area contributed by atoms with E-state index in [1.807, 2.05) is 24.3 Å². The number of quaternary nitrogens is 1. The number of hydrogen-bond acceptors (Lipinski definition) is 5. The van der Waals surface area contributed by atoms with Gasteiger partial charge in [0.25, 0.3) is 0 Å². The fourth-order valence-electron chi connectivity index (χ4n) is 3.12. The predicted molar refractivity (Wildman–Crippen MR) is 103 cm³/mol. The highest BCUT2D eigenvalue weighted by Crippen LogP contribution is 2.36. The fraction of sp³-hybridized carbons (Fsp3) is 0.333. The Morgan fingerprint density at radius 2 is 1.96 bits per heavy atom. The quantitative estimate of drug-likeness (QED) is 0.718. The Balaban J connectivity index is 1.56. The lowest BCUT2D eigenvalue weighted by Crippen LogP contribution is -3.14. The van der Waals surface area contributed by atoms with E-state index < -0.39 is 0 Å². The number of fused-ring (bicyclic) bond motifs is 1. The van der Waals surface area contributed by atoms with Crippen molar-refractivity contribution in [2.75, 3.05) is 44.7 Å². The van der Waals surface area contributed by atoms with Crippen LogP contribution >= 0.6 is 22.9 Å². The van der Waals surface area contributed by atoms with Crippen LogP contribution in [-0.4, -0.2) is 49.4 Å². The Hall–Kier alpha value is -1.73. The smallest absolute Gasteiger partial charge is 0.139 e. The van der Waals surface area contributed by atoms with Crippen molar-refractivity contribution in [1.82, 2.24) is 9.97 Å². The minimum absolute atomic E-state index is 0.742. The van der Waals surface area contributed by atoms with Gasteiger partial charge in [-0.3, -0.25) is 0 Å². The van der Waals surface area contributed by atoms with Gasteiger partial charge in [-0.2, -0.15) is 0 Å². The van der Waals surface area contributed by atoms with E-state index in [-0.39, 0.29) is 0 Å². The Bertz CT molecular complexity index is 846. The van der Waals surface area contributed by atoms with Crippen LogP contribution in [0.25, 0.3) is 21.3 Å². The molecule has 0 aliphatic carbocycles. The summed E-state index contributed by atoms with van der Waals surface area (Å²) < 4.78 is 5.41. The predicted octanol–water partition coefficient (Wildman–Crippen LogP) is 2.34. The van der Waals surface area contributed by atoms with Crippen molar-refractivity contribution >= 4 is 39.0 Å². The molecule has 0 radical (unpaired) electrons. The van der Waals surface area contributed by atoms with Crippen LogP contribution < -0.4 is 10.2 Å². The SMILES string of the molecule is Clc1ccc(-c2csc3ncnc(NCC[NH+]4CCOCC4)c23)cc1. The molecule has 3 aromatic rings. The number of ether oxygens (including phenoxy) is 1. The van der Waals surface area contributed by atoms with Crippen molar-refractivity contribution in [3.05, 3.63) is 41.0 Å². The van der Waals surface area contributed by atoms with Gasteiger partial charge in [0, 0.05) is 16.0 Å². The zero-order valence-corrected chi connectivity index (χ0v) is 15.4. The second-order valence-corrected chi connectivity index (χ2v) is 7.39. The Labute approximate surface area is 155 Å². The first kappa shape index (κ1) is 16.7. The van der Waals surface area contributed by atoms with Crippen molar-refractivity contribution in [2.24, 2.45) is 0 Å². The van der Waals surface area contributed by atoms with E-state index in [4.69, 9.17) is 16.3 Å². The van der Waals surface area contributed by atoms with Crippen LogP contribution in [0.15, 0.2) is 36.0 Å². The topological polar surface area (TPSA) is 51.5 Å². The van der Waals surface area contributed by atoms with Crippen molar-refractivity contribution in [3.8, 4) is 11.1 Å². The lowest BCUT2D eigenvalue weighted by atomic mass is 10.1. The molecule has 130 valence electrons. The van der Waals surface area contributed by atoms with Gasteiger partial charge in [-0.15, -0.1) is 11.3 Å². The summed E-state index contributed by atoms with van der Waals surface area (Å²) in [6.45, 7) is 5.83. The molecule has 7 heteroatoms. The summed E-state index contributed by atoms with van der Waals surface area (Å²) in [5, 5.41) is 7.48. The van der Waals surface area contributed by atoms with Crippen molar-refractivity contribution < 1.29 is 9.64 Å². The van der Waals surface area contributed by atoms with Crippen LogP contribution in [0.3, 0.4) is 0 Å². The van der Waals surface area contributed by atoms with Gasteiger partial charge in [0.05, 0.1) is 31.7 Å². The molecule has 1 fully saturated rings. The molecule has 5 nitrogen and oxygen atoms in total. The average molecular weight is 376 g/mol. The molecule has 0 atom stereocenters. The first-order chi connectivity index (χ1) is 12.3. The van der Waals surface area contributed by atoms with Gasteiger partial charge in [0.2, 0.25) is 0 Å². The molecule has 1 aliphatic rings. The number of anilines is 1. The normalized spacial score (nSPS) is 15.6. The van der Waals surface area contributed by atoms with E-state index in [0.29, 0.717) is 0 Å². The maximum Gasteiger partial charge on any atom is 0.139 e. The molecular formula is C18H20ClN4OS+. The Morgan fingerprint density at radius 3 is 2.76 bits per heavy atom. The third-order valence-electron chi connectivity index (χ3n) is 4.50. The Morgan fingerprint density at radius 1 is 1.16 bits per heavy atom. The largest absolute Gasteiger partial charge is 0.370 e. The second-order valence-electron chi connectivity index (χ2n) is 6.10. The van der Waals surface area contributed by atoms with Crippen LogP contribution in [0.1, 0.15) is 0 Å². The monoisotopic (exact) mass is 375 g/mol. The first-order valence-electron chi connectivity index (χ1n) is 8.44. The molecule has 0 bridgehead atoms. The molecule has 1 aromatic carbocycles. The van der Waals surface area contributed by atoms with E-state index >= 15 is 0 Å². The van der Waals surface area contributed by atoms with Crippen molar-refractivity contribution in [3.63, 3.8) is 0 Å². The van der Waals surface area contributed by atoms with Gasteiger partial charge in [-0.1, -0.05) is 23.7 Å². The number of morpholine rings is 1. The summed E-state index contributed by atoms with van der Waals surface area (Å²) in [5.74, 6) is 0.906. The van der Waals surface area contributed by atoms with E-state index in [9.17, 15) is 0 Å².